The lowest BCUT2D eigenvalue weighted by Gasteiger charge is -2.24. The van der Waals surface area contributed by atoms with Crippen LogP contribution in [0, 0.1) is 0 Å². The van der Waals surface area contributed by atoms with E-state index in [9.17, 15) is 4.39 Å². The van der Waals surface area contributed by atoms with Gasteiger partial charge in [0.2, 0.25) is 0 Å². The van der Waals surface area contributed by atoms with Crippen LogP contribution >= 0.6 is 11.8 Å². The Morgan fingerprint density at radius 2 is 1.71 bits per heavy atom. The fourth-order valence-electron chi connectivity index (χ4n) is 2.61. The van der Waals surface area contributed by atoms with E-state index in [1.807, 2.05) is 43.4 Å². The molecule has 1 heterocycles. The van der Waals surface area contributed by atoms with Gasteiger partial charge in [0, 0.05) is 23.6 Å². The molecule has 0 fully saturated rings. The molecule has 0 spiro atoms. The topological polar surface area (TPSA) is 3.24 Å². The molecular weight excluding hydrogens is 281 g/mol. The number of nitrogens with zero attached hydrogens (tertiary/aromatic N) is 1. The molecule has 0 saturated carbocycles. The normalized spacial score (nSPS) is 14.4. The third kappa shape index (κ3) is 3.36. The Labute approximate surface area is 129 Å². The van der Waals surface area contributed by atoms with Crippen LogP contribution in [0.5, 0.6) is 0 Å². The zero-order valence-corrected chi connectivity index (χ0v) is 12.9. The van der Waals surface area contributed by atoms with Crippen LogP contribution in [0.4, 0.5) is 4.39 Å². The fourth-order valence-corrected chi connectivity index (χ4v) is 3.59. The first-order valence-corrected chi connectivity index (χ1v) is 8.05. The first-order chi connectivity index (χ1) is 10.2. The molecule has 1 aliphatic heterocycles. The molecule has 2 aromatic rings. The van der Waals surface area contributed by atoms with E-state index in [4.69, 9.17) is 0 Å². The van der Waals surface area contributed by atoms with Gasteiger partial charge in [0.1, 0.15) is 5.83 Å². The van der Waals surface area contributed by atoms with E-state index in [1.165, 1.54) is 10.5 Å². The monoisotopic (exact) mass is 299 g/mol. The molecule has 0 bridgehead atoms. The maximum atomic E-state index is 14.3. The zero-order valence-electron chi connectivity index (χ0n) is 12.1. The van der Waals surface area contributed by atoms with Gasteiger partial charge in [-0.1, -0.05) is 48.5 Å². The van der Waals surface area contributed by atoms with Gasteiger partial charge in [-0.15, -0.1) is 11.8 Å². The molecule has 0 atom stereocenters. The Morgan fingerprint density at radius 1 is 1.00 bits per heavy atom. The lowest BCUT2D eigenvalue weighted by atomic mass is 10.0. The first kappa shape index (κ1) is 14.4. The minimum Gasteiger partial charge on any atom is -0.298 e. The van der Waals surface area contributed by atoms with Crippen molar-refractivity contribution in [1.29, 1.82) is 0 Å². The van der Waals surface area contributed by atoms with Crippen LogP contribution in [-0.4, -0.2) is 24.2 Å². The zero-order chi connectivity index (χ0) is 14.7. The SMILES string of the molecule is CN(CC1=C(F)CSc2ccccc21)Cc1ccccc1. The largest absolute Gasteiger partial charge is 0.298 e. The van der Waals surface area contributed by atoms with Gasteiger partial charge in [0.05, 0.1) is 5.75 Å². The highest BCUT2D eigenvalue weighted by Crippen LogP contribution is 2.37. The van der Waals surface area contributed by atoms with Crippen molar-refractivity contribution >= 4 is 17.3 Å². The summed E-state index contributed by atoms with van der Waals surface area (Å²) < 4.78 is 14.3. The number of fused-ring (bicyclic) bond motifs is 1. The smallest absolute Gasteiger partial charge is 0.115 e. The van der Waals surface area contributed by atoms with Crippen molar-refractivity contribution in [3.05, 3.63) is 71.6 Å². The van der Waals surface area contributed by atoms with Crippen molar-refractivity contribution in [3.63, 3.8) is 0 Å². The Bertz CT molecular complexity index is 651. The summed E-state index contributed by atoms with van der Waals surface area (Å²) in [5, 5.41) is 0. The molecule has 0 radical (unpaired) electrons. The van der Waals surface area contributed by atoms with Gasteiger partial charge in [0.15, 0.2) is 0 Å². The van der Waals surface area contributed by atoms with E-state index in [2.05, 4.69) is 23.1 Å². The number of likely N-dealkylation sites (N-methyl/N-ethyl adjacent to an activating group) is 1. The minimum absolute atomic E-state index is 0.0126. The van der Waals surface area contributed by atoms with E-state index >= 15 is 0 Å². The molecule has 2 aromatic carbocycles. The van der Waals surface area contributed by atoms with E-state index < -0.39 is 0 Å². The summed E-state index contributed by atoms with van der Waals surface area (Å²) in [5.41, 5.74) is 3.13. The number of thioether (sulfide) groups is 1. The molecule has 0 aromatic heterocycles. The molecule has 0 unspecified atom stereocenters. The Balaban J connectivity index is 1.77. The van der Waals surface area contributed by atoms with E-state index in [0.717, 1.165) is 17.7 Å². The van der Waals surface area contributed by atoms with Crippen molar-refractivity contribution in [3.8, 4) is 0 Å². The molecule has 3 heteroatoms. The van der Waals surface area contributed by atoms with Crippen LogP contribution in [0.15, 0.2) is 65.3 Å². The molecule has 0 aliphatic carbocycles. The summed E-state index contributed by atoms with van der Waals surface area (Å²) in [6.07, 6.45) is 0. The Morgan fingerprint density at radius 3 is 2.52 bits per heavy atom. The minimum atomic E-state index is 0.0126. The van der Waals surface area contributed by atoms with Gasteiger partial charge < -0.3 is 0 Å². The summed E-state index contributed by atoms with van der Waals surface area (Å²) in [6.45, 7) is 1.46. The van der Waals surface area contributed by atoms with E-state index in [-0.39, 0.29) is 5.83 Å². The number of hydrogen-bond donors (Lipinski definition) is 0. The molecular formula is C18H18FNS. The summed E-state index contributed by atoms with van der Waals surface area (Å²) in [6, 6.07) is 18.4. The number of halogens is 1. The van der Waals surface area contributed by atoms with Gasteiger partial charge >= 0.3 is 0 Å². The van der Waals surface area contributed by atoms with E-state index in [1.54, 1.807) is 11.8 Å². The number of benzene rings is 2. The predicted octanol–water partition coefficient (Wildman–Crippen LogP) is 4.60. The van der Waals surface area contributed by atoms with Crippen molar-refractivity contribution in [2.24, 2.45) is 0 Å². The van der Waals surface area contributed by atoms with Gasteiger partial charge in [-0.05, 0) is 24.2 Å². The van der Waals surface area contributed by atoms with Gasteiger partial charge in [-0.25, -0.2) is 4.39 Å². The quantitative estimate of drug-likeness (QED) is 0.811. The lowest BCUT2D eigenvalue weighted by molar-refractivity contribution is 0.366. The van der Waals surface area contributed by atoms with Crippen LogP contribution in [0.2, 0.25) is 0 Å². The molecule has 1 nitrogen and oxygen atoms in total. The average Bonchev–Trinajstić information content (AvgIpc) is 2.51. The highest BCUT2D eigenvalue weighted by molar-refractivity contribution is 7.99. The molecule has 21 heavy (non-hydrogen) atoms. The Kier molecular flexibility index (Phi) is 4.42. The van der Waals surface area contributed by atoms with Crippen LogP contribution in [0.25, 0.3) is 5.57 Å². The van der Waals surface area contributed by atoms with Gasteiger partial charge in [-0.2, -0.15) is 0 Å². The Hall–Kier alpha value is -1.58. The third-order valence-electron chi connectivity index (χ3n) is 3.62. The first-order valence-electron chi connectivity index (χ1n) is 7.06. The second kappa shape index (κ2) is 6.46. The lowest BCUT2D eigenvalue weighted by Crippen LogP contribution is -2.22. The summed E-state index contributed by atoms with van der Waals surface area (Å²) in [7, 11) is 2.04. The van der Waals surface area contributed by atoms with Crippen molar-refractivity contribution < 1.29 is 4.39 Å². The van der Waals surface area contributed by atoms with Crippen molar-refractivity contribution in [1.82, 2.24) is 4.90 Å². The molecule has 108 valence electrons. The van der Waals surface area contributed by atoms with Crippen LogP contribution < -0.4 is 0 Å². The molecule has 0 amide bonds. The molecule has 3 rings (SSSR count). The molecule has 0 saturated heterocycles. The highest BCUT2D eigenvalue weighted by atomic mass is 32.2. The summed E-state index contributed by atoms with van der Waals surface area (Å²) >= 11 is 1.58. The van der Waals surface area contributed by atoms with Crippen LogP contribution in [-0.2, 0) is 6.54 Å². The fraction of sp³-hybridized carbons (Fsp3) is 0.222. The standard InChI is InChI=1S/C18H18FNS/c1-20(11-14-7-3-2-4-8-14)12-16-15-9-5-6-10-18(15)21-13-17(16)19/h2-10H,11-13H2,1H3. The summed E-state index contributed by atoms with van der Waals surface area (Å²) in [5.74, 6) is 0.463. The average molecular weight is 299 g/mol. The van der Waals surface area contributed by atoms with Crippen molar-refractivity contribution in [2.75, 3.05) is 19.3 Å². The number of rotatable bonds is 4. The van der Waals surface area contributed by atoms with Crippen LogP contribution in [0.3, 0.4) is 0 Å². The summed E-state index contributed by atoms with van der Waals surface area (Å²) in [4.78, 5) is 3.35. The van der Waals surface area contributed by atoms with Crippen molar-refractivity contribution in [2.45, 2.75) is 11.4 Å². The molecule has 0 N–H and O–H groups in total. The predicted molar refractivity (Wildman–Crippen MR) is 88.0 cm³/mol. The third-order valence-corrected chi connectivity index (χ3v) is 4.68. The van der Waals surface area contributed by atoms with Gasteiger partial charge in [-0.3, -0.25) is 4.90 Å². The second-order valence-corrected chi connectivity index (χ2v) is 6.34. The maximum absolute atomic E-state index is 14.3. The van der Waals surface area contributed by atoms with Crippen LogP contribution in [0.1, 0.15) is 11.1 Å². The molecule has 1 aliphatic rings. The van der Waals surface area contributed by atoms with E-state index in [0.29, 0.717) is 12.3 Å². The second-order valence-electron chi connectivity index (χ2n) is 5.33. The number of hydrogen-bond acceptors (Lipinski definition) is 2. The van der Waals surface area contributed by atoms with Gasteiger partial charge in [0.25, 0.3) is 0 Å². The maximum Gasteiger partial charge on any atom is 0.115 e. The highest BCUT2D eigenvalue weighted by Gasteiger charge is 2.20.